The van der Waals surface area contributed by atoms with Gasteiger partial charge in [0.15, 0.2) is 0 Å². The van der Waals surface area contributed by atoms with Crippen LogP contribution in [0.5, 0.6) is 5.75 Å². The second-order valence-electron chi connectivity index (χ2n) is 3.14. The van der Waals surface area contributed by atoms with Crippen molar-refractivity contribution in [2.75, 3.05) is 19.2 Å². The first-order valence-corrected chi connectivity index (χ1v) is 7.19. The molecule has 94 valence electrons. The zero-order valence-corrected chi connectivity index (χ0v) is 10.7. The molecule has 1 rings (SSSR count). The molecule has 0 heterocycles. The van der Waals surface area contributed by atoms with E-state index in [1.165, 1.54) is 30.9 Å². The van der Waals surface area contributed by atoms with E-state index in [9.17, 15) is 14.7 Å². The lowest BCUT2D eigenvalue weighted by Crippen LogP contribution is -1.99. The highest BCUT2D eigenvalue weighted by atomic mass is 35.5. The van der Waals surface area contributed by atoms with Gasteiger partial charge in [0.2, 0.25) is 0 Å². The average molecular weight is 280 g/mol. The number of hydrogen-bond donors (Lipinski definition) is 0. The van der Waals surface area contributed by atoms with Crippen LogP contribution in [0.15, 0.2) is 24.3 Å². The number of hydrogen-bond acceptors (Lipinski definition) is 5. The summed E-state index contributed by atoms with van der Waals surface area (Å²) >= 11 is 5.39. The van der Waals surface area contributed by atoms with E-state index in [1.807, 2.05) is 0 Å². The molecule has 8 heteroatoms. The van der Waals surface area contributed by atoms with Crippen molar-refractivity contribution in [3.05, 3.63) is 34.4 Å². The lowest BCUT2D eigenvalue weighted by Gasteiger charge is -2.14. The Bertz CT molecular complexity index is 436. The maximum Gasteiger partial charge on any atom is 0.376 e. The summed E-state index contributed by atoms with van der Waals surface area (Å²) in [5, 5.41) is 10.4. The number of non-ortho nitro benzene ring substituents is 1. The third-order valence-corrected chi connectivity index (χ3v) is 3.07. The van der Waals surface area contributed by atoms with Crippen LogP contribution in [0, 0.1) is 10.1 Å². The van der Waals surface area contributed by atoms with Crippen LogP contribution < -0.4 is 4.52 Å². The number of alkyl halides is 1. The van der Waals surface area contributed by atoms with Crippen LogP contribution in [-0.4, -0.2) is 24.1 Å². The molecule has 1 aromatic carbocycles. The number of nitro benzene ring substituents is 1. The van der Waals surface area contributed by atoms with Crippen molar-refractivity contribution >= 4 is 24.9 Å². The summed E-state index contributed by atoms with van der Waals surface area (Å²) in [5.74, 6) is 0.456. The van der Waals surface area contributed by atoms with Crippen molar-refractivity contribution in [1.29, 1.82) is 0 Å². The first-order valence-electron chi connectivity index (χ1n) is 4.67. The Morgan fingerprint density at radius 2 is 2.00 bits per heavy atom. The Morgan fingerprint density at radius 1 is 1.41 bits per heavy atom. The lowest BCUT2D eigenvalue weighted by atomic mass is 10.3. The van der Waals surface area contributed by atoms with E-state index in [2.05, 4.69) is 0 Å². The van der Waals surface area contributed by atoms with Gasteiger partial charge in [0.25, 0.3) is 5.69 Å². The third kappa shape index (κ3) is 4.73. The van der Waals surface area contributed by atoms with Gasteiger partial charge in [0.05, 0.1) is 11.5 Å². The van der Waals surface area contributed by atoms with Gasteiger partial charge in [-0.05, 0) is 12.1 Å². The number of benzene rings is 1. The van der Waals surface area contributed by atoms with Crippen molar-refractivity contribution in [3.63, 3.8) is 0 Å². The average Bonchev–Trinajstić information content (AvgIpc) is 2.26. The van der Waals surface area contributed by atoms with Gasteiger partial charge in [-0.1, -0.05) is 0 Å². The zero-order valence-electron chi connectivity index (χ0n) is 9.04. The minimum absolute atomic E-state index is 0.0649. The number of nitrogens with zero attached hydrogens (tertiary/aromatic N) is 1. The van der Waals surface area contributed by atoms with Gasteiger partial charge in [-0.25, -0.2) is 4.57 Å². The predicted molar refractivity (Wildman–Crippen MR) is 63.9 cm³/mol. The Kier molecular flexibility index (Phi) is 4.93. The fourth-order valence-electron chi connectivity index (χ4n) is 1.05. The van der Waals surface area contributed by atoms with Crippen molar-refractivity contribution < 1.29 is 18.5 Å². The highest BCUT2D eigenvalue weighted by molar-refractivity contribution is 7.53. The molecule has 17 heavy (non-hydrogen) atoms. The van der Waals surface area contributed by atoms with Crippen LogP contribution in [0.2, 0.25) is 0 Å². The molecule has 0 fully saturated rings. The van der Waals surface area contributed by atoms with E-state index in [0.29, 0.717) is 0 Å². The molecule has 0 N–H and O–H groups in total. The maximum absolute atomic E-state index is 11.7. The highest BCUT2D eigenvalue weighted by Crippen LogP contribution is 2.44. The molecule has 0 aliphatic heterocycles. The van der Waals surface area contributed by atoms with Crippen LogP contribution in [0.4, 0.5) is 5.69 Å². The summed E-state index contributed by atoms with van der Waals surface area (Å²) in [6.07, 6.45) is 0. The quantitative estimate of drug-likeness (QED) is 0.346. The van der Waals surface area contributed by atoms with Crippen molar-refractivity contribution in [3.8, 4) is 5.75 Å². The van der Waals surface area contributed by atoms with Crippen LogP contribution in [0.1, 0.15) is 0 Å². The molecule has 0 spiro atoms. The molecule has 0 amide bonds. The van der Waals surface area contributed by atoms with Crippen LogP contribution in [0.3, 0.4) is 0 Å². The van der Waals surface area contributed by atoms with E-state index in [4.69, 9.17) is 20.6 Å². The minimum Gasteiger partial charge on any atom is -0.425 e. The van der Waals surface area contributed by atoms with E-state index < -0.39 is 12.5 Å². The minimum atomic E-state index is -3.22. The molecule has 6 nitrogen and oxygen atoms in total. The topological polar surface area (TPSA) is 78.7 Å². The summed E-state index contributed by atoms with van der Waals surface area (Å²) in [7, 11) is -3.22. The van der Waals surface area contributed by atoms with Crippen molar-refractivity contribution in [2.24, 2.45) is 0 Å². The Hall–Kier alpha value is -1.10. The molecule has 1 unspecified atom stereocenters. The van der Waals surface area contributed by atoms with Gasteiger partial charge in [0, 0.05) is 24.7 Å². The Morgan fingerprint density at radius 3 is 2.47 bits per heavy atom. The lowest BCUT2D eigenvalue weighted by molar-refractivity contribution is -0.384. The van der Waals surface area contributed by atoms with Gasteiger partial charge in [0.1, 0.15) is 5.75 Å². The third-order valence-electron chi connectivity index (χ3n) is 1.72. The highest BCUT2D eigenvalue weighted by Gasteiger charge is 2.18. The standard InChI is InChI=1S/C9H11ClNO5P/c1-17(14,15-7-6-10)16-9-4-2-8(3-5-9)11(12)13/h2-5H,6-7H2,1H3. The maximum atomic E-state index is 11.7. The van der Waals surface area contributed by atoms with E-state index in [0.717, 1.165) is 0 Å². The fraction of sp³-hybridized carbons (Fsp3) is 0.333. The predicted octanol–water partition coefficient (Wildman–Crippen LogP) is 3.05. The first-order chi connectivity index (χ1) is 7.94. The molecular weight excluding hydrogens is 269 g/mol. The SMILES string of the molecule is CP(=O)(OCCCl)Oc1ccc([N+](=O)[O-])cc1. The Labute approximate surface area is 103 Å². The molecule has 1 atom stereocenters. The van der Waals surface area contributed by atoms with Crippen molar-refractivity contribution in [2.45, 2.75) is 0 Å². The van der Waals surface area contributed by atoms with Gasteiger partial charge in [-0.2, -0.15) is 0 Å². The largest absolute Gasteiger partial charge is 0.425 e. The molecule has 0 saturated heterocycles. The second kappa shape index (κ2) is 6.00. The number of rotatable bonds is 6. The van der Waals surface area contributed by atoms with Crippen molar-refractivity contribution in [1.82, 2.24) is 0 Å². The van der Waals surface area contributed by atoms with Crippen LogP contribution >= 0.6 is 19.2 Å². The number of halogens is 1. The normalized spacial score (nSPS) is 14.0. The Balaban J connectivity index is 2.68. The van der Waals surface area contributed by atoms with Crippen LogP contribution in [-0.2, 0) is 9.09 Å². The van der Waals surface area contributed by atoms with Gasteiger partial charge < -0.3 is 4.52 Å². The summed E-state index contributed by atoms with van der Waals surface area (Å²) in [4.78, 5) is 9.88. The molecule has 0 aliphatic carbocycles. The first kappa shape index (κ1) is 14.0. The van der Waals surface area contributed by atoms with Gasteiger partial charge in [-0.15, -0.1) is 11.6 Å². The molecular formula is C9H11ClNO5P. The monoisotopic (exact) mass is 279 g/mol. The number of nitro groups is 1. The molecule has 1 aromatic rings. The molecule has 0 bridgehead atoms. The zero-order chi connectivity index (χ0) is 12.9. The summed E-state index contributed by atoms with van der Waals surface area (Å²) in [5.41, 5.74) is -0.0649. The summed E-state index contributed by atoms with van der Waals surface area (Å²) in [6, 6.07) is 5.24. The molecule has 0 radical (unpaired) electrons. The molecule has 0 saturated carbocycles. The summed E-state index contributed by atoms with van der Waals surface area (Å²) in [6.45, 7) is 1.42. The van der Waals surface area contributed by atoms with Gasteiger partial charge >= 0.3 is 7.60 Å². The molecule has 0 aliphatic rings. The van der Waals surface area contributed by atoms with E-state index in [-0.39, 0.29) is 23.9 Å². The van der Waals surface area contributed by atoms with Crippen LogP contribution in [0.25, 0.3) is 0 Å². The molecule has 0 aromatic heterocycles. The smallest absolute Gasteiger partial charge is 0.376 e. The second-order valence-corrected chi connectivity index (χ2v) is 5.50. The van der Waals surface area contributed by atoms with Gasteiger partial charge in [-0.3, -0.25) is 14.6 Å². The van der Waals surface area contributed by atoms with E-state index >= 15 is 0 Å². The fourth-order valence-corrected chi connectivity index (χ4v) is 2.21. The summed E-state index contributed by atoms with van der Waals surface area (Å²) < 4.78 is 21.7. The van der Waals surface area contributed by atoms with E-state index in [1.54, 1.807) is 0 Å².